The van der Waals surface area contributed by atoms with Crippen LogP contribution in [-0.4, -0.2) is 38.3 Å². The zero-order chi connectivity index (χ0) is 9.76. The van der Waals surface area contributed by atoms with Crippen molar-refractivity contribution in [3.63, 3.8) is 0 Å². The van der Waals surface area contributed by atoms with Gasteiger partial charge in [-0.3, -0.25) is 0 Å². The fraction of sp³-hybridized carbons (Fsp3) is 0.750. The number of nitrogens with zero attached hydrogens (tertiary/aromatic N) is 3. The van der Waals surface area contributed by atoms with Crippen molar-refractivity contribution in [1.82, 2.24) is 15.4 Å². The number of hydroxylamine groups is 2. The molecule has 0 bridgehead atoms. The Labute approximate surface area is 80.1 Å². The molecule has 6 heteroatoms. The largest absolute Gasteiger partial charge is 0.380 e. The van der Waals surface area contributed by atoms with Gasteiger partial charge in [-0.25, -0.2) is 0 Å². The van der Waals surface area contributed by atoms with Gasteiger partial charge in [-0.1, -0.05) is 0 Å². The molecule has 0 amide bonds. The first-order chi connectivity index (χ1) is 6.72. The first-order valence-corrected chi connectivity index (χ1v) is 4.71. The summed E-state index contributed by atoms with van der Waals surface area (Å²) in [6.07, 6.45) is 1.86. The second-order valence-corrected chi connectivity index (χ2v) is 3.94. The summed E-state index contributed by atoms with van der Waals surface area (Å²) in [5.74, 6) is 0.435. The van der Waals surface area contributed by atoms with E-state index in [2.05, 4.69) is 10.4 Å². The maximum absolute atomic E-state index is 10.3. The van der Waals surface area contributed by atoms with Gasteiger partial charge in [-0.05, 0) is 12.8 Å². The van der Waals surface area contributed by atoms with E-state index >= 15 is 0 Å². The summed E-state index contributed by atoms with van der Waals surface area (Å²) in [6.45, 7) is 0.460. The molecule has 0 aromatic carbocycles. The molecule has 1 aliphatic carbocycles. The van der Waals surface area contributed by atoms with Crippen LogP contribution in [0.25, 0.3) is 0 Å². The van der Waals surface area contributed by atoms with Gasteiger partial charge in [-0.15, -0.1) is 5.10 Å². The molecule has 0 saturated carbocycles. The van der Waals surface area contributed by atoms with Crippen LogP contribution in [0.5, 0.6) is 0 Å². The first-order valence-electron chi connectivity index (χ1n) is 4.71. The molecule has 2 N–H and O–H groups in total. The van der Waals surface area contributed by atoms with Crippen molar-refractivity contribution in [2.75, 3.05) is 6.54 Å². The third kappa shape index (κ3) is 0.853. The minimum atomic E-state index is -1.09. The fourth-order valence-corrected chi connectivity index (χ4v) is 2.48. The van der Waals surface area contributed by atoms with Crippen molar-refractivity contribution < 1.29 is 14.8 Å². The fourth-order valence-electron chi connectivity index (χ4n) is 2.48. The molecule has 2 atom stereocenters. The summed E-state index contributed by atoms with van der Waals surface area (Å²) in [7, 11) is 0. The van der Waals surface area contributed by atoms with Crippen LogP contribution in [-0.2, 0) is 12.0 Å². The maximum atomic E-state index is 10.3. The third-order valence-corrected chi connectivity index (χ3v) is 3.24. The van der Waals surface area contributed by atoms with E-state index in [0.717, 1.165) is 5.69 Å². The monoisotopic (exact) mass is 197 g/mol. The number of hydrogen-bond donors (Lipinski definition) is 2. The Morgan fingerprint density at radius 1 is 1.57 bits per heavy atom. The van der Waals surface area contributed by atoms with Crippen LogP contribution in [0.15, 0.2) is 4.52 Å². The summed E-state index contributed by atoms with van der Waals surface area (Å²) in [5.41, 5.74) is -0.370. The van der Waals surface area contributed by atoms with E-state index in [-0.39, 0.29) is 6.04 Å². The minimum absolute atomic E-state index is 0.273. The molecular formula is C8H11N3O3. The highest BCUT2D eigenvalue weighted by molar-refractivity contribution is 5.23. The van der Waals surface area contributed by atoms with E-state index in [1.165, 1.54) is 5.06 Å². The van der Waals surface area contributed by atoms with Gasteiger partial charge >= 0.3 is 0 Å². The van der Waals surface area contributed by atoms with Gasteiger partial charge in [0.05, 0.1) is 6.04 Å². The molecule has 0 spiro atoms. The highest BCUT2D eigenvalue weighted by Gasteiger charge is 2.53. The van der Waals surface area contributed by atoms with Gasteiger partial charge < -0.3 is 14.8 Å². The quantitative estimate of drug-likeness (QED) is 0.592. The summed E-state index contributed by atoms with van der Waals surface area (Å²) < 4.78 is 4.97. The van der Waals surface area contributed by atoms with Crippen LogP contribution in [0, 0.1) is 0 Å². The van der Waals surface area contributed by atoms with E-state index in [9.17, 15) is 10.3 Å². The van der Waals surface area contributed by atoms with Crippen molar-refractivity contribution in [1.29, 1.82) is 0 Å². The number of aromatic nitrogens is 2. The van der Waals surface area contributed by atoms with Crippen LogP contribution in [0.3, 0.4) is 0 Å². The smallest absolute Gasteiger partial charge is 0.193 e. The molecular weight excluding hydrogens is 186 g/mol. The molecule has 2 aliphatic rings. The molecule has 14 heavy (non-hydrogen) atoms. The molecule has 1 saturated heterocycles. The van der Waals surface area contributed by atoms with Gasteiger partial charge in [-0.2, -0.15) is 5.06 Å². The van der Waals surface area contributed by atoms with Gasteiger partial charge in [0.2, 0.25) is 0 Å². The van der Waals surface area contributed by atoms with Gasteiger partial charge in [0, 0.05) is 18.2 Å². The standard InChI is InChI=1S/C8H11N3O3/c12-8-3-4-11(13)6(8)2-1-5-7(8)14-10-9-5/h6,12-13H,1-4H2. The highest BCUT2D eigenvalue weighted by atomic mass is 16.5. The highest BCUT2D eigenvalue weighted by Crippen LogP contribution is 2.43. The number of hydrogen-bond acceptors (Lipinski definition) is 6. The van der Waals surface area contributed by atoms with Crippen LogP contribution < -0.4 is 0 Å². The zero-order valence-corrected chi connectivity index (χ0v) is 7.55. The summed E-state index contributed by atoms with van der Waals surface area (Å²) in [6, 6.07) is -0.273. The molecule has 1 aromatic heterocycles. The van der Waals surface area contributed by atoms with E-state index in [0.29, 0.717) is 31.6 Å². The van der Waals surface area contributed by atoms with Crippen molar-refractivity contribution in [3.05, 3.63) is 11.5 Å². The predicted molar refractivity (Wildman–Crippen MR) is 43.4 cm³/mol. The summed E-state index contributed by atoms with van der Waals surface area (Å²) in [5, 5.41) is 28.3. The predicted octanol–water partition coefficient (Wildman–Crippen LogP) is -0.333. The second kappa shape index (κ2) is 2.53. The number of aryl methyl sites for hydroxylation is 1. The lowest BCUT2D eigenvalue weighted by atomic mass is 9.82. The first kappa shape index (κ1) is 8.34. The lowest BCUT2D eigenvalue weighted by Crippen LogP contribution is -2.44. The number of aliphatic hydroxyl groups is 1. The van der Waals surface area contributed by atoms with E-state index in [1.54, 1.807) is 0 Å². The van der Waals surface area contributed by atoms with Crippen molar-refractivity contribution in [2.45, 2.75) is 30.9 Å². The molecule has 0 radical (unpaired) electrons. The summed E-state index contributed by atoms with van der Waals surface area (Å²) >= 11 is 0. The second-order valence-electron chi connectivity index (χ2n) is 3.94. The molecule has 76 valence electrons. The maximum Gasteiger partial charge on any atom is 0.193 e. The molecule has 2 heterocycles. The average Bonchev–Trinajstić information content (AvgIpc) is 2.72. The molecule has 3 rings (SSSR count). The van der Waals surface area contributed by atoms with Gasteiger partial charge in [0.1, 0.15) is 11.3 Å². The van der Waals surface area contributed by atoms with Crippen LogP contribution in [0.2, 0.25) is 0 Å². The Balaban J connectivity index is 2.11. The van der Waals surface area contributed by atoms with Crippen LogP contribution in [0.1, 0.15) is 24.3 Å². The van der Waals surface area contributed by atoms with Gasteiger partial charge in [0.25, 0.3) is 0 Å². The summed E-state index contributed by atoms with van der Waals surface area (Å²) in [4.78, 5) is 0. The number of fused-ring (bicyclic) bond motifs is 3. The van der Waals surface area contributed by atoms with Crippen molar-refractivity contribution >= 4 is 0 Å². The third-order valence-electron chi connectivity index (χ3n) is 3.24. The van der Waals surface area contributed by atoms with Crippen molar-refractivity contribution in [3.8, 4) is 0 Å². The Kier molecular flexibility index (Phi) is 1.51. The average molecular weight is 197 g/mol. The Bertz CT molecular complexity index is 366. The van der Waals surface area contributed by atoms with E-state index in [4.69, 9.17) is 4.52 Å². The Hall–Kier alpha value is -0.980. The van der Waals surface area contributed by atoms with Crippen LogP contribution >= 0.6 is 0 Å². The lowest BCUT2D eigenvalue weighted by Gasteiger charge is -2.32. The topological polar surface area (TPSA) is 82.6 Å². The molecule has 6 nitrogen and oxygen atoms in total. The SMILES string of the molecule is ON1CCC2(O)c3onnc3CCC12. The molecule has 2 unspecified atom stereocenters. The molecule has 1 aliphatic heterocycles. The Morgan fingerprint density at radius 2 is 2.43 bits per heavy atom. The lowest BCUT2D eigenvalue weighted by molar-refractivity contribution is -0.148. The van der Waals surface area contributed by atoms with Gasteiger partial charge in [0.15, 0.2) is 5.76 Å². The van der Waals surface area contributed by atoms with E-state index < -0.39 is 5.60 Å². The van der Waals surface area contributed by atoms with E-state index in [1.807, 2.05) is 0 Å². The minimum Gasteiger partial charge on any atom is -0.380 e. The van der Waals surface area contributed by atoms with Crippen molar-refractivity contribution in [2.24, 2.45) is 0 Å². The number of rotatable bonds is 0. The van der Waals surface area contributed by atoms with Crippen LogP contribution in [0.4, 0.5) is 0 Å². The molecule has 1 aromatic rings. The molecule has 1 fully saturated rings. The normalized spacial score (nSPS) is 36.9. The zero-order valence-electron chi connectivity index (χ0n) is 7.55. The Morgan fingerprint density at radius 3 is 3.29 bits per heavy atom.